The van der Waals surface area contributed by atoms with Crippen molar-refractivity contribution in [3.05, 3.63) is 97.2 Å². The van der Waals surface area contributed by atoms with Crippen molar-refractivity contribution in [2.24, 2.45) is 0 Å². The molecule has 0 bridgehead atoms. The van der Waals surface area contributed by atoms with E-state index in [4.69, 9.17) is 18.9 Å². The minimum atomic E-state index is -1.52. The molecule has 2 unspecified atom stereocenters. The highest BCUT2D eigenvalue weighted by Gasteiger charge is 2.25. The number of likely N-dealkylation sites (N-methyl/N-ethyl adjacent to an activating group) is 1. The molecule has 0 spiro atoms. The number of carbonyl (C=O) groups excluding carboxylic acids is 2. The van der Waals surface area contributed by atoms with Crippen LogP contribution in [0.1, 0.15) is 335 Å². The molecule has 2 atom stereocenters. The zero-order chi connectivity index (χ0) is 64.7. The molecule has 1 N–H and O–H groups in total. The molecule has 0 heterocycles. The van der Waals surface area contributed by atoms with Crippen molar-refractivity contribution >= 4 is 17.9 Å². The van der Waals surface area contributed by atoms with Gasteiger partial charge in [-0.2, -0.15) is 0 Å². The van der Waals surface area contributed by atoms with Gasteiger partial charge in [-0.25, -0.2) is 4.79 Å². The summed E-state index contributed by atoms with van der Waals surface area (Å²) in [5.41, 5.74) is 0. The van der Waals surface area contributed by atoms with Gasteiger partial charge in [0.05, 0.1) is 34.4 Å². The van der Waals surface area contributed by atoms with Gasteiger partial charge in [0.2, 0.25) is 0 Å². The molecule has 0 aliphatic rings. The predicted octanol–water partition coefficient (Wildman–Crippen LogP) is 23.6. The Morgan fingerprint density at radius 2 is 0.640 bits per heavy atom. The third-order valence-corrected chi connectivity index (χ3v) is 16.3. The van der Waals surface area contributed by atoms with E-state index >= 15 is 0 Å². The van der Waals surface area contributed by atoms with E-state index < -0.39 is 24.3 Å². The molecule has 0 aromatic heterocycles. The zero-order valence-electron chi connectivity index (χ0n) is 58.8. The van der Waals surface area contributed by atoms with Crippen LogP contribution < -0.4 is 0 Å². The summed E-state index contributed by atoms with van der Waals surface area (Å²) >= 11 is 0. The van der Waals surface area contributed by atoms with E-state index in [1.54, 1.807) is 0 Å². The molecule has 0 aliphatic heterocycles. The largest absolute Gasteiger partial charge is 0.477 e. The van der Waals surface area contributed by atoms with Crippen molar-refractivity contribution in [1.82, 2.24) is 0 Å². The lowest BCUT2D eigenvalue weighted by Crippen LogP contribution is -2.40. The lowest BCUT2D eigenvalue weighted by molar-refractivity contribution is -0.870. The summed E-state index contributed by atoms with van der Waals surface area (Å²) in [5.74, 6) is -2.02. The number of unbranched alkanes of at least 4 members (excludes halogenated alkanes) is 38. The maximum atomic E-state index is 12.9. The monoisotopic (exact) mass is 1250 g/mol. The van der Waals surface area contributed by atoms with Crippen molar-refractivity contribution in [3.63, 3.8) is 0 Å². The number of allylic oxidation sites excluding steroid dienone is 16. The van der Waals surface area contributed by atoms with Crippen LogP contribution in [0, 0.1) is 0 Å². The third-order valence-electron chi connectivity index (χ3n) is 16.3. The Bertz CT molecular complexity index is 1790. The molecule has 0 saturated carbocycles. The SMILES string of the molecule is CC/C=C\C/C=C\C/C=C\C/C=C\C/C=C\C/C=C\CCCCCCCCC(=O)OC(COC(=O)CCCCCCCCCCCCCCCCCCCCCCCCCCCCC/C=C\C/C=C\CCCCCCC)COC(OCC[N+](C)(C)C)C(=O)O. The average Bonchev–Trinajstić information content (AvgIpc) is 3.64. The maximum Gasteiger partial charge on any atom is 0.361 e. The van der Waals surface area contributed by atoms with Gasteiger partial charge in [0, 0.05) is 12.8 Å². The Hall–Kier alpha value is -3.79. The van der Waals surface area contributed by atoms with E-state index in [0.29, 0.717) is 23.9 Å². The summed E-state index contributed by atoms with van der Waals surface area (Å²) in [6, 6.07) is 0. The van der Waals surface area contributed by atoms with Crippen LogP contribution in [0.4, 0.5) is 0 Å². The average molecular weight is 1250 g/mol. The number of hydrogen-bond donors (Lipinski definition) is 1. The molecule has 0 fully saturated rings. The summed E-state index contributed by atoms with van der Waals surface area (Å²) in [7, 11) is 5.97. The minimum Gasteiger partial charge on any atom is -0.477 e. The van der Waals surface area contributed by atoms with Crippen LogP contribution in [0.2, 0.25) is 0 Å². The number of carbonyl (C=O) groups is 3. The second-order valence-corrected chi connectivity index (χ2v) is 26.2. The van der Waals surface area contributed by atoms with E-state index in [9.17, 15) is 19.5 Å². The number of rotatable bonds is 69. The molecule has 0 aromatic rings. The number of carboxylic acids is 1. The normalized spacial score (nSPS) is 13.2. The van der Waals surface area contributed by atoms with E-state index in [1.165, 1.54) is 199 Å². The first-order valence-electron chi connectivity index (χ1n) is 37.4. The van der Waals surface area contributed by atoms with Gasteiger partial charge in [-0.05, 0) is 96.3 Å². The number of carboxylic acid groups (broad SMARTS) is 1. The number of quaternary nitrogens is 1. The molecule has 9 heteroatoms. The molecule has 514 valence electrons. The molecule has 89 heavy (non-hydrogen) atoms. The van der Waals surface area contributed by atoms with Gasteiger partial charge in [-0.3, -0.25) is 9.59 Å². The zero-order valence-corrected chi connectivity index (χ0v) is 58.8. The lowest BCUT2D eigenvalue weighted by atomic mass is 10.0. The number of esters is 2. The minimum absolute atomic E-state index is 0.182. The van der Waals surface area contributed by atoms with Crippen LogP contribution in [0.25, 0.3) is 0 Å². The second kappa shape index (κ2) is 70.1. The highest BCUT2D eigenvalue weighted by molar-refractivity contribution is 5.71. The van der Waals surface area contributed by atoms with Gasteiger partial charge in [-0.1, -0.05) is 323 Å². The predicted molar refractivity (Wildman–Crippen MR) is 382 cm³/mol. The van der Waals surface area contributed by atoms with E-state index in [-0.39, 0.29) is 32.2 Å². The Labute approximate surface area is 550 Å². The van der Waals surface area contributed by atoms with Gasteiger partial charge < -0.3 is 28.5 Å². The van der Waals surface area contributed by atoms with Gasteiger partial charge in [0.1, 0.15) is 13.2 Å². The summed E-state index contributed by atoms with van der Waals surface area (Å²) in [5, 5.41) is 9.75. The van der Waals surface area contributed by atoms with Crippen molar-refractivity contribution < 1.29 is 42.9 Å². The molecule has 0 radical (unpaired) electrons. The fraction of sp³-hybridized carbons (Fsp3) is 0.762. The molecule has 0 rings (SSSR count). The van der Waals surface area contributed by atoms with E-state index in [0.717, 1.165) is 103 Å². The molecule has 0 saturated heterocycles. The van der Waals surface area contributed by atoms with Crippen LogP contribution in [0.3, 0.4) is 0 Å². The molecular formula is C80H142NO8+. The Morgan fingerprint density at radius 3 is 0.955 bits per heavy atom. The summed E-state index contributed by atoms with van der Waals surface area (Å²) in [6.45, 7) is 4.76. The highest BCUT2D eigenvalue weighted by Crippen LogP contribution is 2.18. The van der Waals surface area contributed by atoms with Crippen LogP contribution >= 0.6 is 0 Å². The summed E-state index contributed by atoms with van der Waals surface area (Å²) < 4.78 is 23.0. The van der Waals surface area contributed by atoms with Crippen molar-refractivity contribution in [2.75, 3.05) is 47.5 Å². The van der Waals surface area contributed by atoms with E-state index in [2.05, 4.69) is 111 Å². The third kappa shape index (κ3) is 71.5. The lowest BCUT2D eigenvalue weighted by Gasteiger charge is -2.25. The Kier molecular flexibility index (Phi) is 67.1. The Morgan fingerprint density at radius 1 is 0.348 bits per heavy atom. The van der Waals surface area contributed by atoms with Crippen LogP contribution in [-0.4, -0.2) is 87.4 Å². The van der Waals surface area contributed by atoms with Crippen LogP contribution in [-0.2, 0) is 33.3 Å². The topological polar surface area (TPSA) is 108 Å². The molecular weight excluding hydrogens is 1100 g/mol. The van der Waals surface area contributed by atoms with Crippen molar-refractivity contribution in [2.45, 2.75) is 347 Å². The summed E-state index contributed by atoms with van der Waals surface area (Å²) in [6.07, 6.45) is 94.1. The molecule has 0 aliphatic carbocycles. The number of ether oxygens (including phenoxy) is 4. The fourth-order valence-corrected chi connectivity index (χ4v) is 10.6. The first-order valence-corrected chi connectivity index (χ1v) is 37.4. The number of nitrogens with zero attached hydrogens (tertiary/aromatic N) is 1. The number of hydrogen-bond acceptors (Lipinski definition) is 7. The first-order chi connectivity index (χ1) is 43.6. The number of aliphatic carboxylic acids is 1. The van der Waals surface area contributed by atoms with Gasteiger partial charge in [0.15, 0.2) is 6.10 Å². The van der Waals surface area contributed by atoms with Crippen LogP contribution in [0.15, 0.2) is 97.2 Å². The van der Waals surface area contributed by atoms with E-state index in [1.807, 2.05) is 21.1 Å². The highest BCUT2D eigenvalue weighted by atomic mass is 16.7. The Balaban J connectivity index is 4.02. The smallest absolute Gasteiger partial charge is 0.361 e. The molecule has 9 nitrogen and oxygen atoms in total. The van der Waals surface area contributed by atoms with Crippen LogP contribution in [0.5, 0.6) is 0 Å². The fourth-order valence-electron chi connectivity index (χ4n) is 10.6. The molecule has 0 aromatic carbocycles. The maximum absolute atomic E-state index is 12.9. The molecule has 0 amide bonds. The van der Waals surface area contributed by atoms with Gasteiger partial charge >= 0.3 is 17.9 Å². The summed E-state index contributed by atoms with van der Waals surface area (Å²) in [4.78, 5) is 37.6. The van der Waals surface area contributed by atoms with Crippen molar-refractivity contribution in [3.8, 4) is 0 Å². The van der Waals surface area contributed by atoms with Gasteiger partial charge in [0.25, 0.3) is 6.29 Å². The second-order valence-electron chi connectivity index (χ2n) is 26.2. The van der Waals surface area contributed by atoms with Gasteiger partial charge in [-0.15, -0.1) is 0 Å². The quantitative estimate of drug-likeness (QED) is 0.0211. The first kappa shape index (κ1) is 85.2. The van der Waals surface area contributed by atoms with Crippen molar-refractivity contribution in [1.29, 1.82) is 0 Å². The standard InChI is InChI=1S/C80H141NO8/c1-6-8-10-12-14-16-18-20-22-24-26-28-30-32-33-34-35-36-37-38-39-40-41-42-43-44-45-47-48-50-52-54-56-58-60-62-64-66-68-70-77(82)87-74-76(75-88-80(79(84)85)86-73-72-81(3,4)5)89-78(83)71-69-67-65-63-61-59-57-55-53-51-49-46-31-29-27-25-23-21-19-17-15-13-11-9-7-2/h9,11,15,17-18,20-21,23-24,26-27,29,46,49,53,55,76,80H,6-8,10,12-14,16,19,22,25,28,30-45,47-48,50-52,54,56-75H2,1-5H3/p+1/b11-9-,17-15-,20-18-,23-21-,26-24-,29-27-,49-46-,55-53-.